The summed E-state index contributed by atoms with van der Waals surface area (Å²) in [5.74, 6) is 1.88. The summed E-state index contributed by atoms with van der Waals surface area (Å²) in [6.07, 6.45) is 0.263. The number of nitrogens with one attached hydrogen (secondary N) is 1. The summed E-state index contributed by atoms with van der Waals surface area (Å²) < 4.78 is 12.9. The van der Waals surface area contributed by atoms with Gasteiger partial charge in [-0.2, -0.15) is 0 Å². The number of hydrogen-bond donors (Lipinski definition) is 1. The van der Waals surface area contributed by atoms with Crippen molar-refractivity contribution in [2.24, 2.45) is 4.99 Å². The summed E-state index contributed by atoms with van der Waals surface area (Å²) in [5, 5.41) is 12.3. The molecule has 0 spiro atoms. The SMILES string of the molecule is COc1ccc2c(c1)C(c1ccc(Cl)cc1)=NC(CC(=O)N1CCC(NC(=O)OC(C)(C)C)C1)c1nnc(C)n1-2. The molecule has 2 aromatic carbocycles. The van der Waals surface area contributed by atoms with Crippen LogP contribution in [0.5, 0.6) is 5.75 Å². The highest BCUT2D eigenvalue weighted by Gasteiger charge is 2.34. The molecule has 2 amide bonds. The topological polar surface area (TPSA) is 111 Å². The molecule has 3 heterocycles. The molecular formula is C29H33ClN6O4. The number of aryl methyl sites for hydroxylation is 1. The van der Waals surface area contributed by atoms with Crippen LogP contribution in [0.2, 0.25) is 5.02 Å². The minimum absolute atomic E-state index is 0.0755. The number of rotatable bonds is 5. The summed E-state index contributed by atoms with van der Waals surface area (Å²) in [7, 11) is 1.62. The molecule has 0 radical (unpaired) electrons. The molecule has 210 valence electrons. The van der Waals surface area contributed by atoms with Gasteiger partial charge in [0.15, 0.2) is 5.82 Å². The largest absolute Gasteiger partial charge is 0.497 e. The van der Waals surface area contributed by atoms with E-state index < -0.39 is 17.7 Å². The number of carbonyl (C=O) groups excluding carboxylic acids is 2. The zero-order valence-corrected chi connectivity index (χ0v) is 24.0. The number of aromatic nitrogens is 3. The van der Waals surface area contributed by atoms with Crippen LogP contribution in [0.25, 0.3) is 5.69 Å². The number of hydrogen-bond acceptors (Lipinski definition) is 7. The Labute approximate surface area is 238 Å². The lowest BCUT2D eigenvalue weighted by Crippen LogP contribution is -2.41. The standard InChI is InChI=1S/C29H33ClN6O4/c1-17-33-34-27-23(15-25(37)35-13-12-20(16-35)31-28(38)40-29(2,3)4)32-26(18-6-8-19(30)9-7-18)22-14-21(39-5)10-11-24(22)36(17)27/h6-11,14,20,23H,12-13,15-16H2,1-5H3,(H,31,38). The van der Waals surface area contributed by atoms with E-state index in [2.05, 4.69) is 15.5 Å². The minimum Gasteiger partial charge on any atom is -0.497 e. The van der Waals surface area contributed by atoms with E-state index in [0.29, 0.717) is 47.6 Å². The number of aliphatic imine (C=N–C) groups is 1. The Balaban J connectivity index is 1.45. The van der Waals surface area contributed by atoms with Crippen molar-refractivity contribution in [3.8, 4) is 11.4 Å². The monoisotopic (exact) mass is 564 g/mol. The Kier molecular flexibility index (Phi) is 7.55. The lowest BCUT2D eigenvalue weighted by Gasteiger charge is -2.22. The fourth-order valence-electron chi connectivity index (χ4n) is 5.05. The fourth-order valence-corrected chi connectivity index (χ4v) is 5.18. The molecule has 1 N–H and O–H groups in total. The molecule has 0 aliphatic carbocycles. The summed E-state index contributed by atoms with van der Waals surface area (Å²) in [5.41, 5.74) is 2.66. The van der Waals surface area contributed by atoms with Gasteiger partial charge in [0.1, 0.15) is 23.2 Å². The van der Waals surface area contributed by atoms with Crippen LogP contribution in [0.1, 0.15) is 62.4 Å². The first kappa shape index (κ1) is 27.6. The smallest absolute Gasteiger partial charge is 0.407 e. The lowest BCUT2D eigenvalue weighted by molar-refractivity contribution is -0.130. The quantitative estimate of drug-likeness (QED) is 0.483. The molecule has 1 fully saturated rings. The highest BCUT2D eigenvalue weighted by atomic mass is 35.5. The Bertz CT molecular complexity index is 1460. The molecule has 11 heteroatoms. The number of benzene rings is 2. The van der Waals surface area contributed by atoms with Crippen molar-refractivity contribution in [2.45, 2.75) is 58.2 Å². The first-order valence-corrected chi connectivity index (χ1v) is 13.6. The van der Waals surface area contributed by atoms with E-state index in [1.165, 1.54) is 0 Å². The molecule has 0 bridgehead atoms. The predicted octanol–water partition coefficient (Wildman–Crippen LogP) is 4.65. The molecule has 10 nitrogen and oxygen atoms in total. The van der Waals surface area contributed by atoms with Gasteiger partial charge >= 0.3 is 6.09 Å². The van der Waals surface area contributed by atoms with Gasteiger partial charge < -0.3 is 19.7 Å². The van der Waals surface area contributed by atoms with Crippen LogP contribution in [0, 0.1) is 6.92 Å². The molecule has 5 rings (SSSR count). The number of ether oxygens (including phenoxy) is 2. The van der Waals surface area contributed by atoms with Crippen molar-refractivity contribution in [3.63, 3.8) is 0 Å². The minimum atomic E-state index is -0.590. The number of amides is 2. The maximum atomic E-state index is 13.6. The van der Waals surface area contributed by atoms with E-state index in [1.807, 2.05) is 74.7 Å². The fraction of sp³-hybridized carbons (Fsp3) is 0.414. The van der Waals surface area contributed by atoms with Crippen molar-refractivity contribution in [3.05, 3.63) is 70.3 Å². The average Bonchev–Trinajstić information content (AvgIpc) is 3.49. The zero-order valence-electron chi connectivity index (χ0n) is 23.3. The van der Waals surface area contributed by atoms with Crippen LogP contribution in [0.4, 0.5) is 4.79 Å². The van der Waals surface area contributed by atoms with Gasteiger partial charge in [-0.25, -0.2) is 4.79 Å². The zero-order chi connectivity index (χ0) is 28.6. The van der Waals surface area contributed by atoms with Crippen LogP contribution < -0.4 is 10.1 Å². The Morgan fingerprint density at radius 3 is 2.58 bits per heavy atom. The third-order valence-corrected chi connectivity index (χ3v) is 7.13. The van der Waals surface area contributed by atoms with Crippen molar-refractivity contribution < 1.29 is 19.1 Å². The van der Waals surface area contributed by atoms with Gasteiger partial charge in [-0.15, -0.1) is 10.2 Å². The Hall–Kier alpha value is -3.92. The van der Waals surface area contributed by atoms with E-state index in [-0.39, 0.29) is 18.4 Å². The molecule has 2 aliphatic rings. The number of methoxy groups -OCH3 is 1. The van der Waals surface area contributed by atoms with E-state index in [1.54, 1.807) is 12.0 Å². The highest BCUT2D eigenvalue weighted by Crippen LogP contribution is 2.35. The van der Waals surface area contributed by atoms with Crippen molar-refractivity contribution >= 4 is 29.3 Å². The van der Waals surface area contributed by atoms with Gasteiger partial charge in [-0.1, -0.05) is 23.7 Å². The molecule has 40 heavy (non-hydrogen) atoms. The van der Waals surface area contributed by atoms with Crippen LogP contribution in [0.3, 0.4) is 0 Å². The molecule has 0 saturated carbocycles. The molecule has 2 atom stereocenters. The second-order valence-corrected chi connectivity index (χ2v) is 11.4. The summed E-state index contributed by atoms with van der Waals surface area (Å²) in [6.45, 7) is 8.26. The number of nitrogens with zero attached hydrogens (tertiary/aromatic N) is 5. The summed E-state index contributed by atoms with van der Waals surface area (Å²) in [6, 6.07) is 12.5. The van der Waals surface area contributed by atoms with Crippen LogP contribution in [-0.4, -0.2) is 69.2 Å². The van der Waals surface area contributed by atoms with Crippen LogP contribution in [0.15, 0.2) is 47.5 Å². The highest BCUT2D eigenvalue weighted by molar-refractivity contribution is 6.30. The number of carbonyl (C=O) groups is 2. The second kappa shape index (κ2) is 10.9. The van der Waals surface area contributed by atoms with Gasteiger partial charge in [0.2, 0.25) is 5.91 Å². The van der Waals surface area contributed by atoms with Crippen molar-refractivity contribution in [1.29, 1.82) is 0 Å². The maximum Gasteiger partial charge on any atom is 0.407 e. The Morgan fingerprint density at radius 1 is 1.12 bits per heavy atom. The molecule has 3 aromatic rings. The van der Waals surface area contributed by atoms with Crippen molar-refractivity contribution in [2.75, 3.05) is 20.2 Å². The number of fused-ring (bicyclic) bond motifs is 3. The van der Waals surface area contributed by atoms with E-state index in [9.17, 15) is 9.59 Å². The molecular weight excluding hydrogens is 532 g/mol. The van der Waals surface area contributed by atoms with Crippen LogP contribution >= 0.6 is 11.6 Å². The first-order valence-electron chi connectivity index (χ1n) is 13.2. The van der Waals surface area contributed by atoms with Crippen molar-refractivity contribution in [1.82, 2.24) is 25.0 Å². The number of halogens is 1. The Morgan fingerprint density at radius 2 is 1.88 bits per heavy atom. The predicted molar refractivity (Wildman–Crippen MR) is 151 cm³/mol. The molecule has 2 aliphatic heterocycles. The number of likely N-dealkylation sites (tertiary alicyclic amines) is 1. The second-order valence-electron chi connectivity index (χ2n) is 11.0. The van der Waals surface area contributed by atoms with E-state index >= 15 is 0 Å². The molecule has 2 unspecified atom stereocenters. The first-order chi connectivity index (χ1) is 19.0. The average molecular weight is 565 g/mol. The van der Waals surface area contributed by atoms with Gasteiger partial charge in [0, 0.05) is 29.2 Å². The molecule has 1 aromatic heterocycles. The summed E-state index contributed by atoms with van der Waals surface area (Å²) in [4.78, 5) is 32.7. The lowest BCUT2D eigenvalue weighted by atomic mass is 10.00. The molecule has 1 saturated heterocycles. The third kappa shape index (κ3) is 5.82. The van der Waals surface area contributed by atoms with Gasteiger partial charge in [0.25, 0.3) is 0 Å². The maximum absolute atomic E-state index is 13.6. The summed E-state index contributed by atoms with van der Waals surface area (Å²) >= 11 is 6.19. The van der Waals surface area contributed by atoms with Gasteiger partial charge in [-0.05, 0) is 64.4 Å². The third-order valence-electron chi connectivity index (χ3n) is 6.88. The number of alkyl carbamates (subject to hydrolysis) is 1. The van der Waals surface area contributed by atoms with Gasteiger partial charge in [0.05, 0.1) is 31.0 Å². The van der Waals surface area contributed by atoms with E-state index in [0.717, 1.165) is 16.8 Å². The van der Waals surface area contributed by atoms with Crippen LogP contribution in [-0.2, 0) is 9.53 Å². The van der Waals surface area contributed by atoms with Gasteiger partial charge in [-0.3, -0.25) is 14.4 Å². The normalized spacial score (nSPS) is 18.4. The van der Waals surface area contributed by atoms with E-state index in [4.69, 9.17) is 26.1 Å².